The third kappa shape index (κ3) is 2.72. The highest BCUT2D eigenvalue weighted by molar-refractivity contribution is 7.92. The molecule has 0 aromatic carbocycles. The molecule has 0 unspecified atom stereocenters. The average Bonchev–Trinajstić information content (AvgIpc) is 2.53. The Hall–Kier alpha value is -1.37. The van der Waals surface area contributed by atoms with Gasteiger partial charge in [-0.3, -0.25) is 4.79 Å². The molecule has 20 heavy (non-hydrogen) atoms. The zero-order chi connectivity index (χ0) is 15.1. The second-order valence-electron chi connectivity index (χ2n) is 5.75. The molecule has 1 aromatic rings. The van der Waals surface area contributed by atoms with Crippen LogP contribution in [0.15, 0.2) is 4.52 Å². The number of amides is 1. The average molecular weight is 300 g/mol. The van der Waals surface area contributed by atoms with E-state index in [0.29, 0.717) is 17.0 Å². The maximum atomic E-state index is 12.3. The van der Waals surface area contributed by atoms with Crippen molar-refractivity contribution < 1.29 is 17.7 Å². The molecule has 112 valence electrons. The van der Waals surface area contributed by atoms with E-state index in [1.165, 1.54) is 4.90 Å². The molecule has 0 aliphatic carbocycles. The first-order valence-corrected chi connectivity index (χ1v) is 8.37. The third-order valence-corrected chi connectivity index (χ3v) is 5.90. The minimum atomic E-state index is -3.11. The summed E-state index contributed by atoms with van der Waals surface area (Å²) in [5.41, 5.74) is 0.991. The van der Waals surface area contributed by atoms with Crippen molar-refractivity contribution in [1.82, 2.24) is 10.1 Å². The molecule has 2 heterocycles. The van der Waals surface area contributed by atoms with Crippen LogP contribution in [0.5, 0.6) is 0 Å². The van der Waals surface area contributed by atoms with Crippen LogP contribution >= 0.6 is 0 Å². The van der Waals surface area contributed by atoms with Crippen LogP contribution < -0.4 is 0 Å². The fraction of sp³-hybridized carbons (Fsp3) is 0.692. The molecule has 1 amide bonds. The monoisotopic (exact) mass is 300 g/mol. The smallest absolute Gasteiger partial charge is 0.259 e. The van der Waals surface area contributed by atoms with Gasteiger partial charge < -0.3 is 9.42 Å². The Bertz CT molecular complexity index is 593. The van der Waals surface area contributed by atoms with E-state index >= 15 is 0 Å². The van der Waals surface area contributed by atoms with E-state index in [-0.39, 0.29) is 30.7 Å². The van der Waals surface area contributed by atoms with E-state index < -0.39 is 15.1 Å². The fourth-order valence-electron chi connectivity index (χ4n) is 2.38. The van der Waals surface area contributed by atoms with Crippen LogP contribution in [0.1, 0.15) is 35.7 Å². The number of aromatic nitrogens is 1. The van der Waals surface area contributed by atoms with Crippen molar-refractivity contribution in [2.24, 2.45) is 5.92 Å². The Morgan fingerprint density at radius 3 is 2.45 bits per heavy atom. The summed E-state index contributed by atoms with van der Waals surface area (Å²) < 4.78 is 29.1. The molecule has 0 atom stereocenters. The van der Waals surface area contributed by atoms with Gasteiger partial charge in [-0.25, -0.2) is 8.42 Å². The third-order valence-electron chi connectivity index (χ3n) is 3.46. The van der Waals surface area contributed by atoms with Gasteiger partial charge in [0.1, 0.15) is 11.3 Å². The number of sulfone groups is 1. The second-order valence-corrected chi connectivity index (χ2v) is 8.08. The molecule has 0 saturated carbocycles. The van der Waals surface area contributed by atoms with Gasteiger partial charge in [0.25, 0.3) is 5.91 Å². The lowest BCUT2D eigenvalue weighted by molar-refractivity contribution is 0.0656. The van der Waals surface area contributed by atoms with Crippen molar-refractivity contribution in [2.45, 2.75) is 32.9 Å². The zero-order valence-corrected chi connectivity index (χ0v) is 13.0. The zero-order valence-electron chi connectivity index (χ0n) is 12.2. The normalized spacial score (nSPS) is 16.6. The highest BCUT2D eigenvalue weighted by Crippen LogP contribution is 2.23. The van der Waals surface area contributed by atoms with Crippen molar-refractivity contribution in [3.8, 4) is 0 Å². The molecule has 0 N–H and O–H groups in total. The molecule has 0 bridgehead atoms. The van der Waals surface area contributed by atoms with Gasteiger partial charge in [-0.05, 0) is 19.8 Å². The highest BCUT2D eigenvalue weighted by Gasteiger charge is 2.41. The van der Waals surface area contributed by atoms with Crippen molar-refractivity contribution in [3.63, 3.8) is 0 Å². The molecule has 2 rings (SSSR count). The van der Waals surface area contributed by atoms with Crippen molar-refractivity contribution in [1.29, 1.82) is 0 Å². The molecule has 1 fully saturated rings. The largest absolute Gasteiger partial charge is 0.361 e. The molecule has 1 aromatic heterocycles. The molecule has 0 radical (unpaired) electrons. The van der Waals surface area contributed by atoms with Crippen LogP contribution in [-0.4, -0.2) is 48.5 Å². The van der Waals surface area contributed by atoms with Gasteiger partial charge in [-0.15, -0.1) is 0 Å². The topological polar surface area (TPSA) is 80.5 Å². The lowest BCUT2D eigenvalue weighted by atomic mass is 10.1. The van der Waals surface area contributed by atoms with E-state index in [1.807, 2.05) is 13.8 Å². The van der Waals surface area contributed by atoms with E-state index in [0.717, 1.165) is 0 Å². The van der Waals surface area contributed by atoms with Gasteiger partial charge in [0.05, 0.1) is 16.7 Å². The summed E-state index contributed by atoms with van der Waals surface area (Å²) in [5.74, 6) is 0.552. The summed E-state index contributed by atoms with van der Waals surface area (Å²) in [6.07, 6.45) is 0. The number of hydrogen-bond acceptors (Lipinski definition) is 5. The first-order valence-electron chi connectivity index (χ1n) is 6.66. The van der Waals surface area contributed by atoms with Crippen LogP contribution in [0.2, 0.25) is 0 Å². The van der Waals surface area contributed by atoms with Crippen LogP contribution in [0.3, 0.4) is 0 Å². The van der Waals surface area contributed by atoms with Crippen molar-refractivity contribution in [2.75, 3.05) is 18.8 Å². The lowest BCUT2D eigenvalue weighted by Crippen LogP contribution is -2.57. The summed E-state index contributed by atoms with van der Waals surface area (Å²) in [6, 6.07) is 0. The number of carbonyl (C=O) groups is 1. The molecule has 1 aliphatic heterocycles. The Morgan fingerprint density at radius 2 is 2.00 bits per heavy atom. The maximum Gasteiger partial charge on any atom is 0.259 e. The summed E-state index contributed by atoms with van der Waals surface area (Å²) >= 11 is 0. The Labute approximate surface area is 119 Å². The fourth-order valence-corrected chi connectivity index (χ4v) is 4.39. The van der Waals surface area contributed by atoms with E-state index in [4.69, 9.17) is 4.52 Å². The van der Waals surface area contributed by atoms with Crippen LogP contribution in [0, 0.1) is 19.8 Å². The predicted octanol–water partition coefficient (Wildman–Crippen LogP) is 1.19. The highest BCUT2D eigenvalue weighted by atomic mass is 32.2. The van der Waals surface area contributed by atoms with E-state index in [2.05, 4.69) is 5.16 Å². The van der Waals surface area contributed by atoms with Crippen molar-refractivity contribution in [3.05, 3.63) is 17.0 Å². The second kappa shape index (κ2) is 5.20. The quantitative estimate of drug-likeness (QED) is 0.834. The molecule has 1 saturated heterocycles. The molecule has 0 spiro atoms. The number of hydrogen-bond donors (Lipinski definition) is 0. The molecular weight excluding hydrogens is 280 g/mol. The van der Waals surface area contributed by atoms with Crippen LogP contribution in [0.25, 0.3) is 0 Å². The van der Waals surface area contributed by atoms with Gasteiger partial charge in [0.2, 0.25) is 0 Å². The Balaban J connectivity index is 2.02. The predicted molar refractivity (Wildman–Crippen MR) is 74.3 cm³/mol. The minimum absolute atomic E-state index is 0.104. The summed E-state index contributed by atoms with van der Waals surface area (Å²) in [6.45, 7) is 7.67. The van der Waals surface area contributed by atoms with Gasteiger partial charge in [-0.2, -0.15) is 0 Å². The summed E-state index contributed by atoms with van der Waals surface area (Å²) in [5, 5.41) is 3.31. The number of carbonyl (C=O) groups excluding carboxylic acids is 1. The van der Waals surface area contributed by atoms with Gasteiger partial charge in [0, 0.05) is 13.1 Å². The number of nitrogens with zero attached hydrogens (tertiary/aromatic N) is 2. The summed E-state index contributed by atoms with van der Waals surface area (Å²) in [7, 11) is -3.11. The number of likely N-dealkylation sites (tertiary alicyclic amines) is 1. The van der Waals surface area contributed by atoms with E-state index in [1.54, 1.807) is 13.8 Å². The molecule has 6 nitrogen and oxygen atoms in total. The Kier molecular flexibility index (Phi) is 3.90. The summed E-state index contributed by atoms with van der Waals surface area (Å²) in [4.78, 5) is 13.8. The van der Waals surface area contributed by atoms with Gasteiger partial charge in [-0.1, -0.05) is 19.0 Å². The van der Waals surface area contributed by atoms with Crippen LogP contribution in [-0.2, 0) is 9.84 Å². The van der Waals surface area contributed by atoms with Crippen molar-refractivity contribution >= 4 is 15.7 Å². The number of aryl methyl sites for hydroxylation is 2. The van der Waals surface area contributed by atoms with E-state index in [9.17, 15) is 13.2 Å². The maximum absolute atomic E-state index is 12.3. The first kappa shape index (κ1) is 15.0. The minimum Gasteiger partial charge on any atom is -0.361 e. The lowest BCUT2D eigenvalue weighted by Gasteiger charge is -2.38. The first-order chi connectivity index (χ1) is 9.22. The van der Waals surface area contributed by atoms with Gasteiger partial charge >= 0.3 is 0 Å². The Morgan fingerprint density at radius 1 is 1.40 bits per heavy atom. The van der Waals surface area contributed by atoms with Crippen LogP contribution in [0.4, 0.5) is 0 Å². The molecule has 7 heteroatoms. The molecule has 1 aliphatic rings. The number of rotatable bonds is 4. The SMILES string of the molecule is Cc1noc(C)c1C(=O)N1CC(S(=O)(=O)CC(C)C)C1. The molecular formula is C13H20N2O4S. The standard InChI is InChI=1S/C13H20N2O4S/c1-8(2)7-20(17,18)11-5-15(6-11)13(16)12-9(3)14-19-10(12)4/h8,11H,5-7H2,1-4H3. The van der Waals surface area contributed by atoms with Gasteiger partial charge in [0.15, 0.2) is 9.84 Å².